The number of hydrogen-bond donors (Lipinski definition) is 2. The van der Waals surface area contributed by atoms with Gasteiger partial charge in [-0.25, -0.2) is 8.78 Å². The zero-order valence-electron chi connectivity index (χ0n) is 15.1. The molecule has 1 heterocycles. The van der Waals surface area contributed by atoms with Gasteiger partial charge in [0, 0.05) is 25.2 Å². The molecule has 5 nitrogen and oxygen atoms in total. The first-order valence-electron chi connectivity index (χ1n) is 7.98. The predicted molar refractivity (Wildman–Crippen MR) is 93.5 cm³/mol. The van der Waals surface area contributed by atoms with Crippen LogP contribution in [0.5, 0.6) is 0 Å². The van der Waals surface area contributed by atoms with Crippen molar-refractivity contribution in [3.63, 3.8) is 0 Å². The molecule has 1 saturated heterocycles. The van der Waals surface area contributed by atoms with Gasteiger partial charge in [-0.1, -0.05) is 6.08 Å². The molecule has 25 heavy (non-hydrogen) atoms. The molecular weight excluding hydrogens is 329 g/mol. The van der Waals surface area contributed by atoms with Crippen LogP contribution in [0.3, 0.4) is 0 Å². The number of carbonyl (C=O) groups excluding carboxylic acids is 1. The Morgan fingerprint density at radius 2 is 1.72 bits per heavy atom. The monoisotopic (exact) mass is 352 g/mol. The Balaban J connectivity index is 2.40. The Labute approximate surface area is 146 Å². The summed E-state index contributed by atoms with van der Waals surface area (Å²) in [6.07, 6.45) is 1.55. The Bertz CT molecular complexity index is 704. The van der Waals surface area contributed by atoms with Gasteiger partial charge in [-0.15, -0.1) is 0 Å². The van der Waals surface area contributed by atoms with Crippen molar-refractivity contribution in [1.29, 1.82) is 0 Å². The quantitative estimate of drug-likeness (QED) is 0.646. The van der Waals surface area contributed by atoms with Crippen molar-refractivity contribution in [3.05, 3.63) is 34.8 Å². The van der Waals surface area contributed by atoms with Crippen molar-refractivity contribution < 1.29 is 22.9 Å². The van der Waals surface area contributed by atoms with Crippen LogP contribution in [0.4, 0.5) is 14.5 Å². The van der Waals surface area contributed by atoms with E-state index in [9.17, 15) is 13.6 Å². The van der Waals surface area contributed by atoms with E-state index in [1.807, 2.05) is 27.7 Å². The lowest BCUT2D eigenvalue weighted by atomic mass is 9.76. The molecule has 8 heteroatoms. The summed E-state index contributed by atoms with van der Waals surface area (Å²) >= 11 is 0. The van der Waals surface area contributed by atoms with Crippen LogP contribution in [0.25, 0.3) is 6.08 Å². The number of nitrogen functional groups attached to an aromatic ring is 1. The Morgan fingerprint density at radius 3 is 2.24 bits per heavy atom. The molecule has 1 fully saturated rings. The van der Waals surface area contributed by atoms with E-state index < -0.39 is 30.0 Å². The predicted octanol–water partition coefficient (Wildman–Crippen LogP) is 2.70. The summed E-state index contributed by atoms with van der Waals surface area (Å²) in [5.41, 5.74) is 5.54. The second-order valence-corrected chi connectivity index (χ2v) is 7.11. The van der Waals surface area contributed by atoms with Crippen molar-refractivity contribution in [3.8, 4) is 0 Å². The first-order valence-corrected chi connectivity index (χ1v) is 7.98. The molecule has 1 amide bonds. The van der Waals surface area contributed by atoms with Crippen LogP contribution in [0, 0.1) is 11.6 Å². The molecule has 0 spiro atoms. The summed E-state index contributed by atoms with van der Waals surface area (Å²) < 4.78 is 38.8. The summed E-state index contributed by atoms with van der Waals surface area (Å²) in [4.78, 5) is 11.3. The summed E-state index contributed by atoms with van der Waals surface area (Å²) in [6, 6.07) is 1.92. The number of benzene rings is 1. The van der Waals surface area contributed by atoms with Gasteiger partial charge in [-0.2, -0.15) is 0 Å². The van der Waals surface area contributed by atoms with Crippen molar-refractivity contribution in [1.82, 2.24) is 5.32 Å². The number of nitrogens with two attached hydrogens (primary N) is 1. The number of halogens is 2. The van der Waals surface area contributed by atoms with Gasteiger partial charge in [0.1, 0.15) is 0 Å². The minimum absolute atomic E-state index is 0.0794. The first kappa shape index (κ1) is 19.4. The SMILES string of the molecule is CC(=O)NCC(=Cc1cc(F)c(F)cc1N)B1OC(C)(C)C(C)(C)O1. The van der Waals surface area contributed by atoms with Gasteiger partial charge in [0.15, 0.2) is 11.6 Å². The Morgan fingerprint density at radius 1 is 1.20 bits per heavy atom. The van der Waals surface area contributed by atoms with Gasteiger partial charge in [-0.05, 0) is 44.8 Å². The lowest BCUT2D eigenvalue weighted by Crippen LogP contribution is -2.41. The molecule has 0 unspecified atom stereocenters. The van der Waals surface area contributed by atoms with Gasteiger partial charge in [0.2, 0.25) is 5.91 Å². The van der Waals surface area contributed by atoms with E-state index >= 15 is 0 Å². The smallest absolute Gasteiger partial charge is 0.400 e. The Hall–Kier alpha value is -1.93. The van der Waals surface area contributed by atoms with Gasteiger partial charge in [0.05, 0.1) is 11.2 Å². The minimum atomic E-state index is -1.02. The van der Waals surface area contributed by atoms with E-state index in [2.05, 4.69) is 5.32 Å². The molecule has 1 aromatic rings. The van der Waals surface area contributed by atoms with Crippen LogP contribution in [-0.2, 0) is 14.1 Å². The summed E-state index contributed by atoms with van der Waals surface area (Å²) in [5.74, 6) is -2.26. The van der Waals surface area contributed by atoms with Gasteiger partial charge in [-0.3, -0.25) is 4.79 Å². The summed E-state index contributed by atoms with van der Waals surface area (Å²) in [5, 5.41) is 2.67. The second-order valence-electron chi connectivity index (χ2n) is 7.11. The molecule has 0 saturated carbocycles. The molecule has 1 aliphatic heterocycles. The average Bonchev–Trinajstić information content (AvgIpc) is 2.68. The molecule has 0 radical (unpaired) electrons. The highest BCUT2D eigenvalue weighted by molar-refractivity contribution is 6.56. The Kier molecular flexibility index (Phi) is 5.25. The summed E-state index contributed by atoms with van der Waals surface area (Å²) in [7, 11) is -0.746. The third kappa shape index (κ3) is 4.19. The van der Waals surface area contributed by atoms with Gasteiger partial charge in [0.25, 0.3) is 0 Å². The standard InChI is InChI=1S/C17H23BF2N2O3/c1-10(23)22-9-12(18-24-16(2,3)17(4,5)25-18)6-11-7-13(19)14(20)8-15(11)21/h6-8H,9,21H2,1-5H3,(H,22,23). The van der Waals surface area contributed by atoms with Crippen LogP contribution < -0.4 is 11.1 Å². The number of nitrogens with one attached hydrogen (secondary N) is 1. The molecule has 0 aromatic heterocycles. The summed E-state index contributed by atoms with van der Waals surface area (Å²) in [6.45, 7) is 9.10. The first-order chi connectivity index (χ1) is 11.4. The highest BCUT2D eigenvalue weighted by Gasteiger charge is 2.52. The van der Waals surface area contributed by atoms with Crippen LogP contribution >= 0.6 is 0 Å². The fourth-order valence-corrected chi connectivity index (χ4v) is 2.33. The number of amides is 1. The largest absolute Gasteiger partial charge is 0.492 e. The highest BCUT2D eigenvalue weighted by atomic mass is 19.2. The normalized spacial score (nSPS) is 19.2. The van der Waals surface area contributed by atoms with E-state index in [4.69, 9.17) is 15.0 Å². The third-order valence-electron chi connectivity index (χ3n) is 4.56. The van der Waals surface area contributed by atoms with Crippen LogP contribution in [0.15, 0.2) is 17.6 Å². The maximum Gasteiger partial charge on any atom is 0.492 e. The molecule has 136 valence electrons. The topological polar surface area (TPSA) is 73.6 Å². The number of carbonyl (C=O) groups is 1. The van der Waals surface area contributed by atoms with E-state index in [0.717, 1.165) is 12.1 Å². The number of rotatable bonds is 4. The number of hydrogen-bond acceptors (Lipinski definition) is 4. The van der Waals surface area contributed by atoms with Gasteiger partial charge >= 0.3 is 7.12 Å². The van der Waals surface area contributed by atoms with E-state index in [0.29, 0.717) is 5.47 Å². The lowest BCUT2D eigenvalue weighted by Gasteiger charge is -2.32. The molecule has 3 N–H and O–H groups in total. The molecule has 0 bridgehead atoms. The fraction of sp³-hybridized carbons (Fsp3) is 0.471. The lowest BCUT2D eigenvalue weighted by molar-refractivity contribution is -0.118. The maximum atomic E-state index is 13.6. The molecule has 1 aliphatic rings. The average molecular weight is 352 g/mol. The molecular formula is C17H23BF2N2O3. The molecule has 0 atom stereocenters. The zero-order valence-corrected chi connectivity index (χ0v) is 15.1. The van der Waals surface area contributed by atoms with E-state index in [-0.39, 0.29) is 23.7 Å². The van der Waals surface area contributed by atoms with Crippen LogP contribution in [0.1, 0.15) is 40.2 Å². The zero-order chi connectivity index (χ0) is 19.0. The van der Waals surface area contributed by atoms with Crippen LogP contribution in [-0.4, -0.2) is 30.8 Å². The second kappa shape index (κ2) is 6.76. The van der Waals surface area contributed by atoms with Crippen molar-refractivity contribution in [2.24, 2.45) is 0 Å². The number of anilines is 1. The van der Waals surface area contributed by atoms with Crippen molar-refractivity contribution >= 4 is 24.8 Å². The molecule has 2 rings (SSSR count). The maximum absolute atomic E-state index is 13.6. The van der Waals surface area contributed by atoms with Crippen LogP contribution in [0.2, 0.25) is 0 Å². The molecule has 0 aliphatic carbocycles. The van der Waals surface area contributed by atoms with E-state index in [1.165, 1.54) is 6.92 Å². The molecule has 1 aromatic carbocycles. The highest BCUT2D eigenvalue weighted by Crippen LogP contribution is 2.39. The fourth-order valence-electron chi connectivity index (χ4n) is 2.33. The van der Waals surface area contributed by atoms with E-state index in [1.54, 1.807) is 6.08 Å². The van der Waals surface area contributed by atoms with Crippen molar-refractivity contribution in [2.45, 2.75) is 45.8 Å². The van der Waals surface area contributed by atoms with Gasteiger partial charge < -0.3 is 20.4 Å². The van der Waals surface area contributed by atoms with Crippen molar-refractivity contribution in [2.75, 3.05) is 12.3 Å². The minimum Gasteiger partial charge on any atom is -0.400 e. The third-order valence-corrected chi connectivity index (χ3v) is 4.56.